The number of nitrogens with two attached hydrogens (primary N) is 1. The quantitative estimate of drug-likeness (QED) is 0.872. The normalized spacial score (nSPS) is 10.2. The SMILES string of the molecule is NC(=O)c1ccc(F)cc1-c1ccc(Cl)cc1. The van der Waals surface area contributed by atoms with Gasteiger partial charge in [-0.3, -0.25) is 4.79 Å². The van der Waals surface area contributed by atoms with E-state index in [1.807, 2.05) is 0 Å². The third-order valence-corrected chi connectivity index (χ3v) is 2.65. The van der Waals surface area contributed by atoms with Gasteiger partial charge in [-0.1, -0.05) is 23.7 Å². The van der Waals surface area contributed by atoms with Crippen molar-refractivity contribution in [2.75, 3.05) is 0 Å². The fourth-order valence-electron chi connectivity index (χ4n) is 1.60. The van der Waals surface area contributed by atoms with Gasteiger partial charge in [0.15, 0.2) is 0 Å². The molecule has 2 rings (SSSR count). The lowest BCUT2D eigenvalue weighted by atomic mass is 9.99. The molecule has 2 N–H and O–H groups in total. The monoisotopic (exact) mass is 249 g/mol. The first-order valence-corrected chi connectivity index (χ1v) is 5.31. The number of hydrogen-bond acceptors (Lipinski definition) is 1. The van der Waals surface area contributed by atoms with Crippen molar-refractivity contribution in [2.45, 2.75) is 0 Å². The number of carbonyl (C=O) groups is 1. The van der Waals surface area contributed by atoms with Gasteiger partial charge in [0.2, 0.25) is 5.91 Å². The van der Waals surface area contributed by atoms with E-state index >= 15 is 0 Å². The maximum atomic E-state index is 13.2. The predicted octanol–water partition coefficient (Wildman–Crippen LogP) is 3.25. The highest BCUT2D eigenvalue weighted by Gasteiger charge is 2.10. The fraction of sp³-hybridized carbons (Fsp3) is 0. The van der Waals surface area contributed by atoms with E-state index in [0.29, 0.717) is 16.1 Å². The maximum absolute atomic E-state index is 13.2. The molecule has 0 unspecified atom stereocenters. The summed E-state index contributed by atoms with van der Waals surface area (Å²) in [4.78, 5) is 11.2. The highest BCUT2D eigenvalue weighted by molar-refractivity contribution is 6.30. The molecule has 17 heavy (non-hydrogen) atoms. The van der Waals surface area contributed by atoms with Crippen LogP contribution in [-0.2, 0) is 0 Å². The minimum Gasteiger partial charge on any atom is -0.366 e. The van der Waals surface area contributed by atoms with E-state index in [4.69, 9.17) is 17.3 Å². The van der Waals surface area contributed by atoms with Gasteiger partial charge >= 0.3 is 0 Å². The molecule has 1 amide bonds. The zero-order valence-electron chi connectivity index (χ0n) is 8.78. The molecule has 2 nitrogen and oxygen atoms in total. The van der Waals surface area contributed by atoms with E-state index in [1.165, 1.54) is 18.2 Å². The third-order valence-electron chi connectivity index (χ3n) is 2.40. The number of rotatable bonds is 2. The van der Waals surface area contributed by atoms with Gasteiger partial charge in [0.05, 0.1) is 0 Å². The first kappa shape index (κ1) is 11.6. The van der Waals surface area contributed by atoms with Crippen molar-refractivity contribution in [3.63, 3.8) is 0 Å². The molecule has 0 radical (unpaired) electrons. The lowest BCUT2D eigenvalue weighted by molar-refractivity contribution is 0.100. The van der Waals surface area contributed by atoms with Crippen molar-refractivity contribution in [3.8, 4) is 11.1 Å². The Morgan fingerprint density at radius 2 is 1.76 bits per heavy atom. The van der Waals surface area contributed by atoms with E-state index < -0.39 is 11.7 Å². The Morgan fingerprint density at radius 1 is 1.12 bits per heavy atom. The minimum atomic E-state index is -0.588. The van der Waals surface area contributed by atoms with E-state index in [9.17, 15) is 9.18 Å². The molecule has 0 fully saturated rings. The molecule has 0 saturated heterocycles. The molecule has 2 aromatic carbocycles. The number of amides is 1. The van der Waals surface area contributed by atoms with Crippen LogP contribution >= 0.6 is 11.6 Å². The number of benzene rings is 2. The van der Waals surface area contributed by atoms with Gasteiger partial charge in [-0.25, -0.2) is 4.39 Å². The van der Waals surface area contributed by atoms with Crippen LogP contribution in [0.25, 0.3) is 11.1 Å². The molecule has 0 spiro atoms. The van der Waals surface area contributed by atoms with E-state index in [1.54, 1.807) is 24.3 Å². The van der Waals surface area contributed by atoms with Gasteiger partial charge in [-0.05, 0) is 41.5 Å². The molecule has 4 heteroatoms. The van der Waals surface area contributed by atoms with Gasteiger partial charge in [0.25, 0.3) is 0 Å². The fourth-order valence-corrected chi connectivity index (χ4v) is 1.73. The van der Waals surface area contributed by atoms with Gasteiger partial charge in [-0.15, -0.1) is 0 Å². The minimum absolute atomic E-state index is 0.286. The zero-order valence-corrected chi connectivity index (χ0v) is 9.54. The third kappa shape index (κ3) is 2.45. The second kappa shape index (κ2) is 4.55. The van der Waals surface area contributed by atoms with Crippen LogP contribution in [0.15, 0.2) is 42.5 Å². The van der Waals surface area contributed by atoms with Crippen LogP contribution in [0.4, 0.5) is 4.39 Å². The highest BCUT2D eigenvalue weighted by atomic mass is 35.5. The lowest BCUT2D eigenvalue weighted by Crippen LogP contribution is -2.12. The highest BCUT2D eigenvalue weighted by Crippen LogP contribution is 2.25. The summed E-state index contributed by atoms with van der Waals surface area (Å²) in [6, 6.07) is 10.6. The van der Waals surface area contributed by atoms with Gasteiger partial charge < -0.3 is 5.73 Å². The molecule has 0 atom stereocenters. The van der Waals surface area contributed by atoms with Crippen LogP contribution in [0, 0.1) is 5.82 Å². The molecular weight excluding hydrogens is 241 g/mol. The Hall–Kier alpha value is -1.87. The molecule has 0 saturated carbocycles. The van der Waals surface area contributed by atoms with Crippen LogP contribution in [-0.4, -0.2) is 5.91 Å². The van der Waals surface area contributed by atoms with E-state index in [2.05, 4.69) is 0 Å². The average molecular weight is 250 g/mol. The lowest BCUT2D eigenvalue weighted by Gasteiger charge is -2.07. The van der Waals surface area contributed by atoms with Crippen molar-refractivity contribution in [2.24, 2.45) is 5.73 Å². The van der Waals surface area contributed by atoms with Crippen molar-refractivity contribution in [3.05, 3.63) is 58.9 Å². The molecule has 0 aromatic heterocycles. The Kier molecular flexibility index (Phi) is 3.11. The van der Waals surface area contributed by atoms with E-state index in [-0.39, 0.29) is 5.56 Å². The Labute approximate surface area is 103 Å². The topological polar surface area (TPSA) is 43.1 Å². The van der Waals surface area contributed by atoms with Gasteiger partial charge in [0.1, 0.15) is 5.82 Å². The van der Waals surface area contributed by atoms with Crippen LogP contribution in [0.1, 0.15) is 10.4 Å². The van der Waals surface area contributed by atoms with Crippen molar-refractivity contribution in [1.82, 2.24) is 0 Å². The van der Waals surface area contributed by atoms with Crippen LogP contribution < -0.4 is 5.73 Å². The van der Waals surface area contributed by atoms with Crippen molar-refractivity contribution >= 4 is 17.5 Å². The van der Waals surface area contributed by atoms with Crippen LogP contribution in [0.3, 0.4) is 0 Å². The molecule has 0 heterocycles. The molecule has 2 aromatic rings. The van der Waals surface area contributed by atoms with Crippen LogP contribution in [0.2, 0.25) is 5.02 Å². The molecule has 0 aliphatic heterocycles. The predicted molar refractivity (Wildman–Crippen MR) is 65.4 cm³/mol. The summed E-state index contributed by atoms with van der Waals surface area (Å²) in [5, 5.41) is 0.575. The number of carbonyl (C=O) groups excluding carboxylic acids is 1. The second-order valence-corrected chi connectivity index (χ2v) is 4.00. The summed E-state index contributed by atoms with van der Waals surface area (Å²) in [5.74, 6) is -1.00. The summed E-state index contributed by atoms with van der Waals surface area (Å²) < 4.78 is 13.2. The standard InChI is InChI=1S/C13H9ClFNO/c14-9-3-1-8(2-4-9)12-7-10(15)5-6-11(12)13(16)17/h1-7H,(H2,16,17). The Balaban J connectivity index is 2.60. The van der Waals surface area contributed by atoms with Crippen molar-refractivity contribution in [1.29, 1.82) is 0 Å². The average Bonchev–Trinajstić information content (AvgIpc) is 2.29. The summed E-state index contributed by atoms with van der Waals surface area (Å²) in [5.41, 5.74) is 6.69. The Bertz CT molecular complexity index is 566. The first-order chi connectivity index (χ1) is 8.08. The summed E-state index contributed by atoms with van der Waals surface area (Å²) in [6.45, 7) is 0. The van der Waals surface area contributed by atoms with Gasteiger partial charge in [0, 0.05) is 10.6 Å². The molecule has 86 valence electrons. The van der Waals surface area contributed by atoms with E-state index in [0.717, 1.165) is 0 Å². The molecule has 0 aliphatic carbocycles. The molecular formula is C13H9ClFNO. The summed E-state index contributed by atoms with van der Waals surface area (Å²) in [7, 11) is 0. The Morgan fingerprint density at radius 3 is 2.35 bits per heavy atom. The van der Waals surface area contributed by atoms with Crippen molar-refractivity contribution < 1.29 is 9.18 Å². The summed E-state index contributed by atoms with van der Waals surface area (Å²) >= 11 is 5.77. The number of primary amides is 1. The number of hydrogen-bond donors (Lipinski definition) is 1. The largest absolute Gasteiger partial charge is 0.366 e. The first-order valence-electron chi connectivity index (χ1n) is 4.93. The second-order valence-electron chi connectivity index (χ2n) is 3.56. The molecule has 0 aliphatic rings. The van der Waals surface area contributed by atoms with Crippen LogP contribution in [0.5, 0.6) is 0 Å². The summed E-state index contributed by atoms with van der Waals surface area (Å²) in [6.07, 6.45) is 0. The maximum Gasteiger partial charge on any atom is 0.249 e. The van der Waals surface area contributed by atoms with Gasteiger partial charge in [-0.2, -0.15) is 0 Å². The zero-order chi connectivity index (χ0) is 12.4. The number of halogens is 2. The molecule has 0 bridgehead atoms. The smallest absolute Gasteiger partial charge is 0.249 e.